The Morgan fingerprint density at radius 1 is 1.31 bits per heavy atom. The van der Waals surface area contributed by atoms with Crippen LogP contribution < -0.4 is 5.32 Å². The first-order valence-corrected chi connectivity index (χ1v) is 8.87. The molecule has 7 nitrogen and oxygen atoms in total. The summed E-state index contributed by atoms with van der Waals surface area (Å²) < 4.78 is 5.08. The molecule has 0 bridgehead atoms. The minimum atomic E-state index is -0.145. The van der Waals surface area contributed by atoms with Gasteiger partial charge in [0, 0.05) is 36.6 Å². The molecule has 138 valence electrons. The van der Waals surface area contributed by atoms with Crippen LogP contribution in [-0.2, 0) is 11.2 Å². The van der Waals surface area contributed by atoms with Crippen molar-refractivity contribution in [2.75, 3.05) is 6.54 Å². The summed E-state index contributed by atoms with van der Waals surface area (Å²) in [4.78, 5) is 30.8. The largest absolute Gasteiger partial charge is 0.353 e. The Morgan fingerprint density at radius 2 is 2.12 bits per heavy atom. The number of hydrogen-bond acceptors (Lipinski definition) is 5. The second-order valence-corrected chi connectivity index (χ2v) is 6.95. The molecule has 1 aliphatic rings. The summed E-state index contributed by atoms with van der Waals surface area (Å²) in [6, 6.07) is 5.56. The molecular weight excluding hydrogens is 332 g/mol. The van der Waals surface area contributed by atoms with Gasteiger partial charge in [-0.1, -0.05) is 11.2 Å². The minimum Gasteiger partial charge on any atom is -0.353 e. The van der Waals surface area contributed by atoms with Crippen LogP contribution in [0.4, 0.5) is 0 Å². The Morgan fingerprint density at radius 3 is 2.73 bits per heavy atom. The highest BCUT2D eigenvalue weighted by Gasteiger charge is 2.31. The van der Waals surface area contributed by atoms with Crippen molar-refractivity contribution in [1.29, 1.82) is 0 Å². The van der Waals surface area contributed by atoms with Crippen molar-refractivity contribution in [3.8, 4) is 0 Å². The summed E-state index contributed by atoms with van der Waals surface area (Å²) >= 11 is 0. The molecule has 2 aromatic heterocycles. The lowest BCUT2D eigenvalue weighted by Crippen LogP contribution is -2.51. The van der Waals surface area contributed by atoms with Gasteiger partial charge >= 0.3 is 0 Å². The van der Waals surface area contributed by atoms with Gasteiger partial charge < -0.3 is 14.7 Å². The maximum Gasteiger partial charge on any atom is 0.292 e. The molecule has 1 saturated heterocycles. The summed E-state index contributed by atoms with van der Waals surface area (Å²) in [6.07, 6.45) is 3.49. The zero-order chi connectivity index (χ0) is 18.7. The number of carbonyl (C=O) groups is 2. The maximum absolute atomic E-state index is 12.5. The second-order valence-electron chi connectivity index (χ2n) is 6.95. The van der Waals surface area contributed by atoms with Crippen molar-refractivity contribution in [3.63, 3.8) is 0 Å². The summed E-state index contributed by atoms with van der Waals surface area (Å²) in [5.41, 5.74) is 2.52. The lowest BCUT2D eigenvalue weighted by molar-refractivity contribution is -0.121. The molecule has 1 aliphatic heterocycles. The number of aryl methyl sites for hydroxylation is 2. The highest BCUT2D eigenvalue weighted by Crippen LogP contribution is 2.20. The van der Waals surface area contributed by atoms with Gasteiger partial charge in [-0.25, -0.2) is 0 Å². The summed E-state index contributed by atoms with van der Waals surface area (Å²) in [5, 5.41) is 6.85. The maximum atomic E-state index is 12.5. The Labute approximate surface area is 152 Å². The fourth-order valence-electron chi connectivity index (χ4n) is 3.28. The van der Waals surface area contributed by atoms with Gasteiger partial charge in [0.15, 0.2) is 0 Å². The van der Waals surface area contributed by atoms with E-state index in [1.54, 1.807) is 24.1 Å². The van der Waals surface area contributed by atoms with E-state index in [-0.39, 0.29) is 29.7 Å². The molecule has 0 radical (unpaired) electrons. The van der Waals surface area contributed by atoms with E-state index in [0.29, 0.717) is 18.7 Å². The third-order valence-electron chi connectivity index (χ3n) is 4.68. The van der Waals surface area contributed by atoms with Crippen LogP contribution >= 0.6 is 0 Å². The van der Waals surface area contributed by atoms with Gasteiger partial charge in [-0.3, -0.25) is 14.6 Å². The van der Waals surface area contributed by atoms with E-state index in [0.717, 1.165) is 24.1 Å². The van der Waals surface area contributed by atoms with Crippen LogP contribution in [0.1, 0.15) is 47.3 Å². The van der Waals surface area contributed by atoms with Crippen LogP contribution in [0.3, 0.4) is 0 Å². The average molecular weight is 356 g/mol. The normalized spacial score (nSPS) is 20.0. The van der Waals surface area contributed by atoms with E-state index in [1.807, 2.05) is 26.0 Å². The predicted octanol–water partition coefficient (Wildman–Crippen LogP) is 2.04. The second kappa shape index (κ2) is 7.68. The fourth-order valence-corrected chi connectivity index (χ4v) is 3.28. The molecule has 2 atom stereocenters. The van der Waals surface area contributed by atoms with Gasteiger partial charge in [0.1, 0.15) is 0 Å². The first-order valence-electron chi connectivity index (χ1n) is 8.87. The Bertz CT molecular complexity index is 784. The molecule has 7 heteroatoms. The molecule has 2 unspecified atom stereocenters. The molecule has 0 saturated carbocycles. The number of piperidine rings is 1. The number of carbonyl (C=O) groups excluding carboxylic acids is 2. The van der Waals surface area contributed by atoms with E-state index in [1.165, 1.54) is 0 Å². The van der Waals surface area contributed by atoms with Crippen molar-refractivity contribution in [2.45, 2.75) is 52.1 Å². The van der Waals surface area contributed by atoms with Crippen molar-refractivity contribution in [1.82, 2.24) is 20.4 Å². The van der Waals surface area contributed by atoms with Crippen LogP contribution in [0, 0.1) is 13.8 Å². The van der Waals surface area contributed by atoms with Crippen molar-refractivity contribution >= 4 is 11.8 Å². The van der Waals surface area contributed by atoms with Gasteiger partial charge in [-0.2, -0.15) is 0 Å². The van der Waals surface area contributed by atoms with Crippen LogP contribution in [0.15, 0.2) is 28.9 Å². The predicted molar refractivity (Wildman–Crippen MR) is 95.6 cm³/mol. The van der Waals surface area contributed by atoms with Gasteiger partial charge in [0.25, 0.3) is 5.91 Å². The molecule has 1 fully saturated rings. The molecule has 1 N–H and O–H groups in total. The fraction of sp³-hybridized carbons (Fsp3) is 0.474. The molecular formula is C19H24N4O3. The lowest BCUT2D eigenvalue weighted by Gasteiger charge is -2.37. The molecule has 2 aromatic rings. The average Bonchev–Trinajstić information content (AvgIpc) is 3.03. The van der Waals surface area contributed by atoms with E-state index < -0.39 is 0 Å². The zero-order valence-corrected chi connectivity index (χ0v) is 15.4. The van der Waals surface area contributed by atoms with Gasteiger partial charge in [-0.05, 0) is 45.2 Å². The van der Waals surface area contributed by atoms with Crippen LogP contribution in [0.25, 0.3) is 0 Å². The molecule has 0 aromatic carbocycles. The van der Waals surface area contributed by atoms with Crippen molar-refractivity contribution in [2.24, 2.45) is 0 Å². The molecule has 0 aliphatic carbocycles. The number of rotatable bonds is 4. The Hall–Kier alpha value is -2.70. The lowest BCUT2D eigenvalue weighted by atomic mass is 9.97. The Balaban J connectivity index is 1.52. The van der Waals surface area contributed by atoms with Gasteiger partial charge in [0.05, 0.1) is 12.1 Å². The van der Waals surface area contributed by atoms with Crippen LogP contribution in [0.5, 0.6) is 0 Å². The first-order chi connectivity index (χ1) is 12.4. The molecule has 0 spiro atoms. The van der Waals surface area contributed by atoms with E-state index in [9.17, 15) is 9.59 Å². The van der Waals surface area contributed by atoms with E-state index in [4.69, 9.17) is 4.52 Å². The number of hydrogen-bond donors (Lipinski definition) is 1. The Kier molecular flexibility index (Phi) is 5.35. The molecule has 3 heterocycles. The third kappa shape index (κ3) is 4.28. The quantitative estimate of drug-likeness (QED) is 0.906. The standard InChI is InChI=1S/C19H24N4O3/c1-12-4-5-15(11-20-12)10-18(24)21-16-6-7-23(14(3)9-16)19(25)17-8-13(2)22-26-17/h4-5,8,11,14,16H,6-7,9-10H2,1-3H3,(H,21,24). The number of pyridine rings is 1. The SMILES string of the molecule is Cc1ccc(CC(=O)NC2CCN(C(=O)c3cc(C)no3)C(C)C2)cn1. The van der Waals surface area contributed by atoms with Crippen LogP contribution in [0.2, 0.25) is 0 Å². The summed E-state index contributed by atoms with van der Waals surface area (Å²) in [5.74, 6) is 0.107. The van der Waals surface area contributed by atoms with Crippen molar-refractivity contribution in [3.05, 3.63) is 47.1 Å². The number of aromatic nitrogens is 2. The number of nitrogens with one attached hydrogen (secondary N) is 1. The van der Waals surface area contributed by atoms with E-state index >= 15 is 0 Å². The van der Waals surface area contributed by atoms with E-state index in [2.05, 4.69) is 15.5 Å². The molecule has 3 rings (SSSR count). The molecule has 26 heavy (non-hydrogen) atoms. The summed E-state index contributed by atoms with van der Waals surface area (Å²) in [7, 11) is 0. The smallest absolute Gasteiger partial charge is 0.292 e. The zero-order valence-electron chi connectivity index (χ0n) is 15.4. The highest BCUT2D eigenvalue weighted by atomic mass is 16.5. The third-order valence-corrected chi connectivity index (χ3v) is 4.68. The highest BCUT2D eigenvalue weighted by molar-refractivity contribution is 5.91. The topological polar surface area (TPSA) is 88.3 Å². The first kappa shape index (κ1) is 18.1. The number of nitrogens with zero attached hydrogens (tertiary/aromatic N) is 3. The van der Waals surface area contributed by atoms with Crippen LogP contribution in [-0.4, -0.2) is 45.5 Å². The molecule has 2 amide bonds. The monoisotopic (exact) mass is 356 g/mol. The summed E-state index contributed by atoms with van der Waals surface area (Å²) in [6.45, 7) is 6.27. The van der Waals surface area contributed by atoms with Gasteiger partial charge in [-0.15, -0.1) is 0 Å². The number of amides is 2. The minimum absolute atomic E-state index is 0.0153. The van der Waals surface area contributed by atoms with Gasteiger partial charge in [0.2, 0.25) is 11.7 Å². The number of likely N-dealkylation sites (tertiary alicyclic amines) is 1. The van der Waals surface area contributed by atoms with Crippen molar-refractivity contribution < 1.29 is 14.1 Å².